The van der Waals surface area contributed by atoms with Crippen LogP contribution in [-0.4, -0.2) is 16.1 Å². The van der Waals surface area contributed by atoms with E-state index in [1.165, 1.54) is 6.42 Å². The number of rotatable bonds is 3. The normalized spacial score (nSPS) is 19.6. The highest BCUT2D eigenvalue weighted by atomic mass is 16.4. The van der Waals surface area contributed by atoms with E-state index in [0.29, 0.717) is 11.7 Å². The van der Waals surface area contributed by atoms with Crippen LogP contribution in [0.5, 0.6) is 0 Å². The molecule has 1 aliphatic rings. The van der Waals surface area contributed by atoms with Crippen molar-refractivity contribution < 1.29 is 14.3 Å². The van der Waals surface area contributed by atoms with Gasteiger partial charge < -0.3 is 15.3 Å². The zero-order chi connectivity index (χ0) is 11.5. The summed E-state index contributed by atoms with van der Waals surface area (Å²) >= 11 is 0. The van der Waals surface area contributed by atoms with Crippen LogP contribution in [0.3, 0.4) is 0 Å². The van der Waals surface area contributed by atoms with Gasteiger partial charge in [-0.25, -0.2) is 9.78 Å². The molecule has 1 atom stereocenters. The molecule has 0 amide bonds. The molecular formula is C11H16N2O3. The Morgan fingerprint density at radius 2 is 2.19 bits per heavy atom. The van der Waals surface area contributed by atoms with Gasteiger partial charge in [0.2, 0.25) is 0 Å². The Balaban J connectivity index is 2.15. The number of nitrogens with zero attached hydrogens (tertiary/aromatic N) is 1. The standard InChI is InChI=1S/C11H16N2O3/c12-8(7-4-2-1-3-5-7)10-9(11(14)15)13-6-16-10/h6-8H,1-5,12H2,(H,14,15). The summed E-state index contributed by atoms with van der Waals surface area (Å²) in [6.07, 6.45) is 6.80. The van der Waals surface area contributed by atoms with Crippen molar-refractivity contribution in [1.82, 2.24) is 4.98 Å². The van der Waals surface area contributed by atoms with E-state index in [4.69, 9.17) is 15.3 Å². The van der Waals surface area contributed by atoms with Gasteiger partial charge in [0.1, 0.15) is 0 Å². The van der Waals surface area contributed by atoms with Crippen LogP contribution in [0.4, 0.5) is 0 Å². The fraction of sp³-hybridized carbons (Fsp3) is 0.636. The molecule has 5 nitrogen and oxygen atoms in total. The van der Waals surface area contributed by atoms with E-state index in [9.17, 15) is 4.79 Å². The van der Waals surface area contributed by atoms with Gasteiger partial charge in [0, 0.05) is 0 Å². The van der Waals surface area contributed by atoms with Crippen molar-refractivity contribution in [3.8, 4) is 0 Å². The Bertz CT molecular complexity index is 369. The van der Waals surface area contributed by atoms with Crippen LogP contribution >= 0.6 is 0 Å². The topological polar surface area (TPSA) is 89.4 Å². The largest absolute Gasteiger partial charge is 0.476 e. The predicted octanol–water partition coefficient (Wildman–Crippen LogP) is 1.95. The molecule has 1 saturated carbocycles. The summed E-state index contributed by atoms with van der Waals surface area (Å²) in [6, 6.07) is -0.339. The molecule has 0 aliphatic heterocycles. The molecule has 88 valence electrons. The second-order valence-corrected chi connectivity index (χ2v) is 4.29. The van der Waals surface area contributed by atoms with Crippen LogP contribution in [0.2, 0.25) is 0 Å². The molecule has 0 saturated heterocycles. The fourth-order valence-corrected chi connectivity index (χ4v) is 2.36. The Kier molecular flexibility index (Phi) is 3.24. The van der Waals surface area contributed by atoms with Gasteiger partial charge in [0.05, 0.1) is 6.04 Å². The Labute approximate surface area is 93.7 Å². The first kappa shape index (κ1) is 11.1. The van der Waals surface area contributed by atoms with Crippen LogP contribution in [-0.2, 0) is 0 Å². The van der Waals surface area contributed by atoms with Crippen LogP contribution in [0.15, 0.2) is 10.8 Å². The van der Waals surface area contributed by atoms with E-state index in [1.54, 1.807) is 0 Å². The van der Waals surface area contributed by atoms with Crippen molar-refractivity contribution in [1.29, 1.82) is 0 Å². The average molecular weight is 224 g/mol. The lowest BCUT2D eigenvalue weighted by Gasteiger charge is -2.26. The molecule has 0 spiro atoms. The number of aromatic nitrogens is 1. The van der Waals surface area contributed by atoms with Gasteiger partial charge >= 0.3 is 5.97 Å². The smallest absolute Gasteiger partial charge is 0.358 e. The first-order chi connectivity index (χ1) is 7.70. The maximum absolute atomic E-state index is 10.9. The number of hydrogen-bond donors (Lipinski definition) is 2. The molecule has 0 radical (unpaired) electrons. The number of hydrogen-bond acceptors (Lipinski definition) is 4. The van der Waals surface area contributed by atoms with E-state index in [2.05, 4.69) is 4.98 Å². The number of carboxylic acids is 1. The maximum atomic E-state index is 10.9. The van der Waals surface area contributed by atoms with Gasteiger partial charge in [-0.2, -0.15) is 0 Å². The first-order valence-electron chi connectivity index (χ1n) is 5.62. The van der Waals surface area contributed by atoms with Gasteiger partial charge in [-0.05, 0) is 18.8 Å². The molecule has 1 unspecified atom stereocenters. The third kappa shape index (κ3) is 2.09. The number of oxazole rings is 1. The number of carboxylic acid groups (broad SMARTS) is 1. The van der Waals surface area contributed by atoms with Crippen molar-refractivity contribution in [2.24, 2.45) is 11.7 Å². The van der Waals surface area contributed by atoms with Crippen molar-refractivity contribution in [2.75, 3.05) is 0 Å². The van der Waals surface area contributed by atoms with Crippen LogP contribution in [0.1, 0.15) is 54.4 Å². The quantitative estimate of drug-likeness (QED) is 0.819. The zero-order valence-electron chi connectivity index (χ0n) is 9.06. The SMILES string of the molecule is NC(c1ocnc1C(=O)O)C1CCCCC1. The molecule has 1 aromatic heterocycles. The molecule has 0 bridgehead atoms. The molecule has 1 heterocycles. The predicted molar refractivity (Wildman–Crippen MR) is 57.0 cm³/mol. The average Bonchev–Trinajstić information content (AvgIpc) is 2.78. The van der Waals surface area contributed by atoms with Crippen molar-refractivity contribution in [3.63, 3.8) is 0 Å². The van der Waals surface area contributed by atoms with Crippen molar-refractivity contribution >= 4 is 5.97 Å². The van der Waals surface area contributed by atoms with E-state index < -0.39 is 5.97 Å². The molecule has 1 aromatic rings. The molecule has 3 N–H and O–H groups in total. The monoisotopic (exact) mass is 224 g/mol. The number of aromatic carboxylic acids is 1. The second kappa shape index (κ2) is 4.65. The third-order valence-corrected chi connectivity index (χ3v) is 3.26. The first-order valence-corrected chi connectivity index (χ1v) is 5.62. The Morgan fingerprint density at radius 1 is 1.50 bits per heavy atom. The van der Waals surface area contributed by atoms with Crippen LogP contribution in [0, 0.1) is 5.92 Å². The fourth-order valence-electron chi connectivity index (χ4n) is 2.36. The zero-order valence-corrected chi connectivity index (χ0v) is 9.06. The van der Waals surface area contributed by atoms with Crippen LogP contribution in [0.25, 0.3) is 0 Å². The summed E-state index contributed by atoms with van der Waals surface area (Å²) in [4.78, 5) is 14.6. The highest BCUT2D eigenvalue weighted by Gasteiger charge is 2.28. The minimum atomic E-state index is -1.07. The van der Waals surface area contributed by atoms with Gasteiger partial charge in [-0.15, -0.1) is 0 Å². The summed E-state index contributed by atoms with van der Waals surface area (Å²) in [5.74, 6) is -0.436. The number of carbonyl (C=O) groups is 1. The highest BCUT2D eigenvalue weighted by molar-refractivity contribution is 5.86. The third-order valence-electron chi connectivity index (χ3n) is 3.26. The summed E-state index contributed by atoms with van der Waals surface area (Å²) in [7, 11) is 0. The maximum Gasteiger partial charge on any atom is 0.358 e. The van der Waals surface area contributed by atoms with Gasteiger partial charge in [0.25, 0.3) is 0 Å². The van der Waals surface area contributed by atoms with Gasteiger partial charge in [0.15, 0.2) is 17.8 Å². The summed E-state index contributed by atoms with van der Waals surface area (Å²) < 4.78 is 5.12. The Morgan fingerprint density at radius 3 is 2.81 bits per heavy atom. The molecule has 1 aliphatic carbocycles. The molecule has 1 fully saturated rings. The molecule has 5 heteroatoms. The van der Waals surface area contributed by atoms with Crippen LogP contribution < -0.4 is 5.73 Å². The molecule has 16 heavy (non-hydrogen) atoms. The van der Waals surface area contributed by atoms with E-state index >= 15 is 0 Å². The Hall–Kier alpha value is -1.36. The number of nitrogens with two attached hydrogens (primary N) is 1. The van der Waals surface area contributed by atoms with Gasteiger partial charge in [-0.1, -0.05) is 19.3 Å². The lowest BCUT2D eigenvalue weighted by atomic mass is 9.83. The minimum Gasteiger partial charge on any atom is -0.476 e. The van der Waals surface area contributed by atoms with E-state index in [1.807, 2.05) is 0 Å². The second-order valence-electron chi connectivity index (χ2n) is 4.29. The van der Waals surface area contributed by atoms with E-state index in [0.717, 1.165) is 32.1 Å². The van der Waals surface area contributed by atoms with Crippen molar-refractivity contribution in [2.45, 2.75) is 38.1 Å². The minimum absolute atomic E-state index is 0.0435. The highest BCUT2D eigenvalue weighted by Crippen LogP contribution is 2.33. The summed E-state index contributed by atoms with van der Waals surface area (Å²) in [5.41, 5.74) is 6.01. The van der Waals surface area contributed by atoms with E-state index in [-0.39, 0.29) is 11.7 Å². The molecule has 0 aromatic carbocycles. The lowest BCUT2D eigenvalue weighted by molar-refractivity contribution is 0.0687. The lowest BCUT2D eigenvalue weighted by Crippen LogP contribution is -2.24. The molecular weight excluding hydrogens is 208 g/mol. The summed E-state index contributed by atoms with van der Waals surface area (Å²) in [5, 5.41) is 8.92. The van der Waals surface area contributed by atoms with Gasteiger partial charge in [-0.3, -0.25) is 0 Å². The summed E-state index contributed by atoms with van der Waals surface area (Å²) in [6.45, 7) is 0. The molecule has 2 rings (SSSR count). The van der Waals surface area contributed by atoms with Crippen molar-refractivity contribution in [3.05, 3.63) is 17.8 Å².